The fraction of sp³-hybridized carbons (Fsp3) is 0.533. The number of benzene rings is 1. The van der Waals surface area contributed by atoms with Crippen LogP contribution < -0.4 is 10.0 Å². The summed E-state index contributed by atoms with van der Waals surface area (Å²) in [5, 5.41) is 2.52. The monoisotopic (exact) mass is 312 g/mol. The van der Waals surface area contributed by atoms with Gasteiger partial charge in [-0.05, 0) is 36.5 Å². The van der Waals surface area contributed by atoms with Gasteiger partial charge in [0.25, 0.3) is 10.0 Å². The van der Waals surface area contributed by atoms with Crippen LogP contribution in [0.4, 0.5) is 4.79 Å². The number of hydrogen-bond acceptors (Lipinski definition) is 3. The zero-order chi connectivity index (χ0) is 15.9. The minimum Gasteiger partial charge on any atom is -0.337 e. The van der Waals surface area contributed by atoms with Crippen LogP contribution in [0.2, 0.25) is 0 Å². The zero-order valence-electron chi connectivity index (χ0n) is 12.8. The Morgan fingerprint density at radius 2 is 1.81 bits per heavy atom. The largest absolute Gasteiger partial charge is 0.337 e. The van der Waals surface area contributed by atoms with E-state index in [1.54, 1.807) is 12.1 Å². The molecule has 2 N–H and O–H groups in total. The molecule has 1 aromatic carbocycles. The van der Waals surface area contributed by atoms with Crippen LogP contribution in [0.1, 0.15) is 39.2 Å². The topological polar surface area (TPSA) is 75.3 Å². The summed E-state index contributed by atoms with van der Waals surface area (Å²) in [5.41, 5.74) is 1.08. The van der Waals surface area contributed by atoms with Crippen molar-refractivity contribution in [2.24, 2.45) is 5.92 Å². The average molecular weight is 312 g/mol. The molecule has 0 aliphatic carbocycles. The summed E-state index contributed by atoms with van der Waals surface area (Å²) in [4.78, 5) is 11.6. The molecule has 0 fully saturated rings. The van der Waals surface area contributed by atoms with Gasteiger partial charge in [-0.15, -0.1) is 0 Å². The Balaban J connectivity index is 2.67. The smallest absolute Gasteiger partial charge is 0.328 e. The first-order valence-corrected chi connectivity index (χ1v) is 8.73. The molecule has 6 heteroatoms. The van der Waals surface area contributed by atoms with Crippen molar-refractivity contribution in [3.05, 3.63) is 29.8 Å². The molecule has 0 radical (unpaired) electrons. The van der Waals surface area contributed by atoms with Gasteiger partial charge in [-0.3, -0.25) is 0 Å². The maximum Gasteiger partial charge on any atom is 0.328 e. The van der Waals surface area contributed by atoms with Crippen LogP contribution in [-0.4, -0.2) is 21.0 Å². The van der Waals surface area contributed by atoms with Crippen LogP contribution in [0, 0.1) is 5.92 Å². The first kappa shape index (κ1) is 17.5. The fourth-order valence-corrected chi connectivity index (χ4v) is 2.80. The molecule has 0 unspecified atom stereocenters. The minimum atomic E-state index is -3.80. The number of amides is 2. The third-order valence-corrected chi connectivity index (χ3v) is 4.27. The Morgan fingerprint density at radius 1 is 1.19 bits per heavy atom. The summed E-state index contributed by atoms with van der Waals surface area (Å²) in [5.74, 6) is 0.509. The Bertz CT molecular complexity index is 551. The third-order valence-electron chi connectivity index (χ3n) is 2.92. The van der Waals surface area contributed by atoms with Crippen molar-refractivity contribution in [1.82, 2.24) is 10.0 Å². The molecule has 118 valence electrons. The van der Waals surface area contributed by atoms with E-state index in [0.717, 1.165) is 24.8 Å². The average Bonchev–Trinajstić information content (AvgIpc) is 2.38. The van der Waals surface area contributed by atoms with Crippen molar-refractivity contribution in [3.8, 4) is 0 Å². The minimum absolute atomic E-state index is 0.0978. The van der Waals surface area contributed by atoms with Crippen molar-refractivity contribution in [2.45, 2.75) is 44.9 Å². The lowest BCUT2D eigenvalue weighted by molar-refractivity contribution is 0.245. The van der Waals surface area contributed by atoms with Gasteiger partial charge in [-0.2, -0.15) is 0 Å². The summed E-state index contributed by atoms with van der Waals surface area (Å²) in [6.07, 6.45) is 2.65. The summed E-state index contributed by atoms with van der Waals surface area (Å²) < 4.78 is 26.1. The number of hydrogen-bond donors (Lipinski definition) is 2. The Labute approximate surface area is 127 Å². The van der Waals surface area contributed by atoms with Crippen molar-refractivity contribution < 1.29 is 13.2 Å². The number of nitrogens with one attached hydrogen (secondary N) is 2. The molecular formula is C15H24N2O3S. The second-order valence-electron chi connectivity index (χ2n) is 5.46. The van der Waals surface area contributed by atoms with E-state index in [-0.39, 0.29) is 4.90 Å². The van der Waals surface area contributed by atoms with Gasteiger partial charge >= 0.3 is 6.03 Å². The van der Waals surface area contributed by atoms with Crippen LogP contribution in [0.25, 0.3) is 0 Å². The van der Waals surface area contributed by atoms with E-state index in [4.69, 9.17) is 0 Å². The van der Waals surface area contributed by atoms with E-state index in [1.165, 1.54) is 12.1 Å². The van der Waals surface area contributed by atoms with Gasteiger partial charge in [0.15, 0.2) is 0 Å². The first-order chi connectivity index (χ1) is 9.85. The van der Waals surface area contributed by atoms with E-state index in [0.29, 0.717) is 12.5 Å². The third kappa shape index (κ3) is 6.16. The maximum absolute atomic E-state index is 12.0. The number of carbonyl (C=O) groups is 1. The molecule has 0 atom stereocenters. The van der Waals surface area contributed by atoms with Gasteiger partial charge in [0.2, 0.25) is 0 Å². The van der Waals surface area contributed by atoms with E-state index >= 15 is 0 Å². The van der Waals surface area contributed by atoms with Gasteiger partial charge in [0.05, 0.1) is 4.90 Å². The molecule has 21 heavy (non-hydrogen) atoms. The molecule has 0 saturated carbocycles. The zero-order valence-corrected chi connectivity index (χ0v) is 13.7. The highest BCUT2D eigenvalue weighted by Crippen LogP contribution is 2.13. The lowest BCUT2D eigenvalue weighted by Gasteiger charge is -2.09. The van der Waals surface area contributed by atoms with Crippen LogP contribution in [0.15, 0.2) is 29.2 Å². The number of unbranched alkanes of at least 4 members (excludes halogenated alkanes) is 1. The quantitative estimate of drug-likeness (QED) is 0.760. The summed E-state index contributed by atoms with van der Waals surface area (Å²) >= 11 is 0. The van der Waals surface area contributed by atoms with E-state index < -0.39 is 16.1 Å². The van der Waals surface area contributed by atoms with Crippen LogP contribution in [-0.2, 0) is 16.4 Å². The van der Waals surface area contributed by atoms with Crippen LogP contribution in [0.5, 0.6) is 0 Å². The summed E-state index contributed by atoms with van der Waals surface area (Å²) in [6, 6.07) is 5.93. The number of rotatable bonds is 7. The first-order valence-electron chi connectivity index (χ1n) is 7.24. The van der Waals surface area contributed by atoms with Crippen LogP contribution >= 0.6 is 0 Å². The number of sulfonamides is 1. The normalized spacial score (nSPS) is 11.4. The van der Waals surface area contributed by atoms with Gasteiger partial charge in [-0.25, -0.2) is 17.9 Å². The second kappa shape index (κ2) is 8.02. The van der Waals surface area contributed by atoms with E-state index in [2.05, 4.69) is 19.2 Å². The molecule has 5 nitrogen and oxygen atoms in total. The highest BCUT2D eigenvalue weighted by Gasteiger charge is 2.17. The summed E-state index contributed by atoms with van der Waals surface area (Å²) in [7, 11) is -3.80. The fourth-order valence-electron chi connectivity index (χ4n) is 1.87. The standard InChI is InChI=1S/C15H24N2O3S/c1-4-5-10-16-15(18)17-21(19,20)14-8-6-13(7-9-14)11-12(2)3/h6-9,12H,4-5,10-11H2,1-3H3,(H2,16,17,18). The van der Waals surface area contributed by atoms with E-state index in [1.807, 2.05) is 11.6 Å². The molecule has 0 aromatic heterocycles. The molecule has 0 aliphatic rings. The predicted octanol–water partition coefficient (Wildman–Crippen LogP) is 2.67. The molecule has 0 bridgehead atoms. The Morgan fingerprint density at radius 3 is 2.33 bits per heavy atom. The molecule has 1 rings (SSSR count). The highest BCUT2D eigenvalue weighted by atomic mass is 32.2. The number of urea groups is 1. The molecular weight excluding hydrogens is 288 g/mol. The molecule has 0 aliphatic heterocycles. The molecule has 1 aromatic rings. The van der Waals surface area contributed by atoms with Gasteiger partial charge < -0.3 is 5.32 Å². The van der Waals surface area contributed by atoms with E-state index in [9.17, 15) is 13.2 Å². The SMILES string of the molecule is CCCCNC(=O)NS(=O)(=O)c1ccc(CC(C)C)cc1. The van der Waals surface area contributed by atoms with Crippen molar-refractivity contribution in [2.75, 3.05) is 6.54 Å². The Hall–Kier alpha value is -1.56. The lowest BCUT2D eigenvalue weighted by Crippen LogP contribution is -2.39. The number of carbonyl (C=O) groups excluding carboxylic acids is 1. The van der Waals surface area contributed by atoms with Crippen LogP contribution in [0.3, 0.4) is 0 Å². The maximum atomic E-state index is 12.0. The molecule has 0 spiro atoms. The molecule has 0 heterocycles. The Kier molecular flexibility index (Phi) is 6.68. The van der Waals surface area contributed by atoms with Gasteiger partial charge in [-0.1, -0.05) is 39.3 Å². The molecule has 2 amide bonds. The lowest BCUT2D eigenvalue weighted by atomic mass is 10.0. The second-order valence-corrected chi connectivity index (χ2v) is 7.14. The van der Waals surface area contributed by atoms with Crippen molar-refractivity contribution in [3.63, 3.8) is 0 Å². The highest BCUT2D eigenvalue weighted by molar-refractivity contribution is 7.90. The van der Waals surface area contributed by atoms with Crippen molar-refractivity contribution in [1.29, 1.82) is 0 Å². The molecule has 0 saturated heterocycles. The predicted molar refractivity (Wildman–Crippen MR) is 83.6 cm³/mol. The summed E-state index contributed by atoms with van der Waals surface area (Å²) in [6.45, 7) is 6.67. The van der Waals surface area contributed by atoms with Gasteiger partial charge in [0.1, 0.15) is 0 Å². The van der Waals surface area contributed by atoms with Crippen molar-refractivity contribution >= 4 is 16.1 Å². The van der Waals surface area contributed by atoms with Gasteiger partial charge in [0, 0.05) is 6.54 Å².